The molecule has 0 radical (unpaired) electrons. The number of rotatable bonds is 4. The molecule has 0 aliphatic rings. The lowest BCUT2D eigenvalue weighted by Gasteiger charge is -2.20. The molecular formula is C14H21NO2. The molecule has 94 valence electrons. The highest BCUT2D eigenvalue weighted by atomic mass is 16.4. The first kappa shape index (κ1) is 13.6. The van der Waals surface area contributed by atoms with Gasteiger partial charge in [0.15, 0.2) is 0 Å². The monoisotopic (exact) mass is 235 g/mol. The lowest BCUT2D eigenvalue weighted by Crippen LogP contribution is -2.28. The van der Waals surface area contributed by atoms with Crippen LogP contribution in [0.4, 0.5) is 5.69 Å². The molecule has 0 amide bonds. The van der Waals surface area contributed by atoms with Gasteiger partial charge in [0.2, 0.25) is 0 Å². The van der Waals surface area contributed by atoms with Gasteiger partial charge in [-0.2, -0.15) is 0 Å². The molecule has 1 aromatic carbocycles. The molecule has 1 rings (SSSR count). The molecule has 1 aromatic rings. The fourth-order valence-electron chi connectivity index (χ4n) is 1.61. The van der Waals surface area contributed by atoms with Crippen LogP contribution in [0.5, 0.6) is 0 Å². The van der Waals surface area contributed by atoms with Crippen molar-refractivity contribution in [2.75, 3.05) is 5.32 Å². The van der Waals surface area contributed by atoms with E-state index >= 15 is 0 Å². The first-order valence-electron chi connectivity index (χ1n) is 5.94. The van der Waals surface area contributed by atoms with Crippen LogP contribution < -0.4 is 5.32 Å². The van der Waals surface area contributed by atoms with Crippen molar-refractivity contribution >= 4 is 11.7 Å². The highest BCUT2D eigenvalue weighted by molar-refractivity contribution is 5.77. The molecule has 1 atom stereocenters. The molecule has 0 aromatic heterocycles. The summed E-state index contributed by atoms with van der Waals surface area (Å²) in [5.41, 5.74) is 2.22. The Kier molecular flexibility index (Phi) is 4.16. The van der Waals surface area contributed by atoms with Gasteiger partial charge in [0.25, 0.3) is 0 Å². The zero-order valence-corrected chi connectivity index (χ0v) is 10.9. The molecule has 3 heteroatoms. The average Bonchev–Trinajstić information content (AvgIpc) is 2.25. The molecule has 3 nitrogen and oxygen atoms in total. The van der Waals surface area contributed by atoms with Gasteiger partial charge >= 0.3 is 5.97 Å². The number of hydrogen-bond donors (Lipinski definition) is 2. The summed E-state index contributed by atoms with van der Waals surface area (Å²) in [7, 11) is 0. The van der Waals surface area contributed by atoms with Crippen LogP contribution >= 0.6 is 0 Å². The second-order valence-electron chi connectivity index (χ2n) is 5.27. The van der Waals surface area contributed by atoms with Crippen LogP contribution in [0.25, 0.3) is 0 Å². The minimum Gasteiger partial charge on any atom is -0.480 e. The maximum atomic E-state index is 10.9. The van der Waals surface area contributed by atoms with Gasteiger partial charge in [-0.1, -0.05) is 39.8 Å². The summed E-state index contributed by atoms with van der Waals surface area (Å²) >= 11 is 0. The number of aliphatic carboxylic acids is 1. The van der Waals surface area contributed by atoms with Crippen LogP contribution in [-0.2, 0) is 10.2 Å². The molecule has 2 N–H and O–H groups in total. The fourth-order valence-corrected chi connectivity index (χ4v) is 1.61. The third-order valence-corrected chi connectivity index (χ3v) is 2.80. The van der Waals surface area contributed by atoms with Crippen molar-refractivity contribution in [1.29, 1.82) is 0 Å². The van der Waals surface area contributed by atoms with Gasteiger partial charge in [0.1, 0.15) is 6.04 Å². The fraction of sp³-hybridized carbons (Fsp3) is 0.500. The molecular weight excluding hydrogens is 214 g/mol. The third-order valence-electron chi connectivity index (χ3n) is 2.80. The van der Waals surface area contributed by atoms with Crippen molar-refractivity contribution in [1.82, 2.24) is 0 Å². The van der Waals surface area contributed by atoms with Crippen LogP contribution in [0.3, 0.4) is 0 Å². The molecule has 0 spiro atoms. The topological polar surface area (TPSA) is 49.3 Å². The quantitative estimate of drug-likeness (QED) is 0.842. The van der Waals surface area contributed by atoms with Crippen molar-refractivity contribution in [3.8, 4) is 0 Å². The van der Waals surface area contributed by atoms with Gasteiger partial charge in [-0.05, 0) is 29.5 Å². The molecule has 0 bridgehead atoms. The third kappa shape index (κ3) is 3.77. The number of benzene rings is 1. The van der Waals surface area contributed by atoms with Crippen LogP contribution in [0.2, 0.25) is 0 Å². The molecule has 0 fully saturated rings. The molecule has 0 heterocycles. The summed E-state index contributed by atoms with van der Waals surface area (Å²) in [4.78, 5) is 10.9. The summed E-state index contributed by atoms with van der Waals surface area (Å²) in [5.74, 6) is -0.813. The Hall–Kier alpha value is -1.51. The van der Waals surface area contributed by atoms with Gasteiger partial charge in [-0.15, -0.1) is 0 Å². The Morgan fingerprint density at radius 3 is 2.18 bits per heavy atom. The number of nitrogens with one attached hydrogen (secondary N) is 1. The summed E-state index contributed by atoms with van der Waals surface area (Å²) in [6.45, 7) is 8.32. The van der Waals surface area contributed by atoms with E-state index < -0.39 is 12.0 Å². The summed E-state index contributed by atoms with van der Waals surface area (Å²) < 4.78 is 0. The number of carboxylic acids is 1. The van der Waals surface area contributed by atoms with E-state index in [0.29, 0.717) is 6.42 Å². The highest BCUT2D eigenvalue weighted by Crippen LogP contribution is 2.23. The van der Waals surface area contributed by atoms with Crippen molar-refractivity contribution < 1.29 is 9.90 Å². The van der Waals surface area contributed by atoms with Crippen molar-refractivity contribution in [2.24, 2.45) is 0 Å². The Morgan fingerprint density at radius 1 is 1.29 bits per heavy atom. The summed E-state index contributed by atoms with van der Waals surface area (Å²) in [5, 5.41) is 12.0. The largest absolute Gasteiger partial charge is 0.480 e. The van der Waals surface area contributed by atoms with E-state index in [2.05, 4.69) is 26.1 Å². The number of carboxylic acid groups (broad SMARTS) is 1. The zero-order chi connectivity index (χ0) is 13.1. The van der Waals surface area contributed by atoms with E-state index in [-0.39, 0.29) is 5.41 Å². The second kappa shape index (κ2) is 5.21. The van der Waals surface area contributed by atoms with Crippen LogP contribution in [0.1, 0.15) is 39.7 Å². The van der Waals surface area contributed by atoms with Gasteiger partial charge in [0, 0.05) is 5.69 Å². The minimum atomic E-state index is -0.813. The lowest BCUT2D eigenvalue weighted by molar-refractivity contribution is -0.137. The predicted octanol–water partition coefficient (Wildman–Crippen LogP) is 3.26. The van der Waals surface area contributed by atoms with Gasteiger partial charge in [0.05, 0.1) is 0 Å². The smallest absolute Gasteiger partial charge is 0.326 e. The van der Waals surface area contributed by atoms with E-state index in [9.17, 15) is 4.79 Å². The Balaban J connectivity index is 2.78. The summed E-state index contributed by atoms with van der Waals surface area (Å²) in [6.07, 6.45) is 0.566. The Bertz CT molecular complexity index is 376. The highest BCUT2D eigenvalue weighted by Gasteiger charge is 2.16. The lowest BCUT2D eigenvalue weighted by atomic mass is 9.87. The van der Waals surface area contributed by atoms with Crippen LogP contribution in [-0.4, -0.2) is 17.1 Å². The van der Waals surface area contributed by atoms with E-state index in [0.717, 1.165) is 5.69 Å². The minimum absolute atomic E-state index is 0.121. The van der Waals surface area contributed by atoms with E-state index in [1.165, 1.54) is 5.56 Å². The van der Waals surface area contributed by atoms with E-state index in [1.807, 2.05) is 31.2 Å². The van der Waals surface area contributed by atoms with Gasteiger partial charge in [-0.3, -0.25) is 0 Å². The Labute approximate surface area is 103 Å². The molecule has 1 unspecified atom stereocenters. The van der Waals surface area contributed by atoms with Crippen molar-refractivity contribution in [3.05, 3.63) is 29.8 Å². The average molecular weight is 235 g/mol. The van der Waals surface area contributed by atoms with Crippen LogP contribution in [0, 0.1) is 0 Å². The van der Waals surface area contributed by atoms with Gasteiger partial charge < -0.3 is 10.4 Å². The molecule has 0 saturated carbocycles. The second-order valence-corrected chi connectivity index (χ2v) is 5.27. The maximum absolute atomic E-state index is 10.9. The zero-order valence-electron chi connectivity index (χ0n) is 10.9. The molecule has 0 aliphatic carbocycles. The maximum Gasteiger partial charge on any atom is 0.326 e. The number of carbonyl (C=O) groups is 1. The normalized spacial score (nSPS) is 13.2. The summed E-state index contributed by atoms with van der Waals surface area (Å²) in [6, 6.07) is 7.43. The molecule has 17 heavy (non-hydrogen) atoms. The first-order chi connectivity index (χ1) is 7.84. The van der Waals surface area contributed by atoms with Crippen LogP contribution in [0.15, 0.2) is 24.3 Å². The van der Waals surface area contributed by atoms with Gasteiger partial charge in [-0.25, -0.2) is 4.79 Å². The predicted molar refractivity (Wildman–Crippen MR) is 70.5 cm³/mol. The molecule has 0 aliphatic heterocycles. The first-order valence-corrected chi connectivity index (χ1v) is 5.94. The number of hydrogen-bond acceptors (Lipinski definition) is 2. The molecule has 0 saturated heterocycles. The van der Waals surface area contributed by atoms with Crippen molar-refractivity contribution in [3.63, 3.8) is 0 Å². The standard InChI is InChI=1S/C14H21NO2/c1-5-12(13(16)17)15-11-8-6-10(7-9-11)14(2,3)4/h6-9,12,15H,5H2,1-4H3,(H,16,17). The van der Waals surface area contributed by atoms with Crippen molar-refractivity contribution in [2.45, 2.75) is 45.6 Å². The van der Waals surface area contributed by atoms with E-state index in [1.54, 1.807) is 0 Å². The van der Waals surface area contributed by atoms with E-state index in [4.69, 9.17) is 5.11 Å². The number of anilines is 1. The SMILES string of the molecule is CCC(Nc1ccc(C(C)(C)C)cc1)C(=O)O. The Morgan fingerprint density at radius 2 is 1.82 bits per heavy atom.